The number of Topliss-reactive ketones (excluding diaryl/α,β-unsaturated/α-hetero) is 1. The van der Waals surface area contributed by atoms with Gasteiger partial charge in [0.25, 0.3) is 0 Å². The highest BCUT2D eigenvalue weighted by Gasteiger charge is 2.10. The zero-order valence-corrected chi connectivity index (χ0v) is 10.1. The summed E-state index contributed by atoms with van der Waals surface area (Å²) >= 11 is 0. The highest BCUT2D eigenvalue weighted by atomic mass is 16.1. The maximum absolute atomic E-state index is 11.1. The molecule has 0 N–H and O–H groups in total. The Hall–Kier alpha value is -0.330. The van der Waals surface area contributed by atoms with Gasteiger partial charge in [0.1, 0.15) is 5.78 Å². The second kappa shape index (κ2) is 9.23. The molecule has 1 nitrogen and oxygen atoms in total. The number of hydrogen-bond acceptors (Lipinski definition) is 1. The van der Waals surface area contributed by atoms with Gasteiger partial charge in [0.05, 0.1) is 0 Å². The Morgan fingerprint density at radius 2 is 1.57 bits per heavy atom. The van der Waals surface area contributed by atoms with Crippen molar-refractivity contribution in [3.8, 4) is 0 Å². The predicted octanol–water partition coefficient (Wildman–Crippen LogP) is 4.35. The van der Waals surface area contributed by atoms with Crippen molar-refractivity contribution in [3.05, 3.63) is 0 Å². The first-order valence-corrected chi connectivity index (χ1v) is 6.20. The Morgan fingerprint density at radius 1 is 1.00 bits per heavy atom. The van der Waals surface area contributed by atoms with Gasteiger partial charge in [-0.25, -0.2) is 0 Å². The van der Waals surface area contributed by atoms with Crippen LogP contribution in [0.4, 0.5) is 0 Å². The van der Waals surface area contributed by atoms with E-state index in [9.17, 15) is 4.79 Å². The van der Waals surface area contributed by atoms with Gasteiger partial charge in [-0.1, -0.05) is 58.8 Å². The van der Waals surface area contributed by atoms with Crippen molar-refractivity contribution < 1.29 is 4.79 Å². The number of rotatable bonds is 9. The standard InChI is InChI=1S/C13H26O/c1-4-6-8-10-13(9-7-5-2)11-12(3)14/h13H,4-11H2,1-3H3. The predicted molar refractivity (Wildman–Crippen MR) is 62.5 cm³/mol. The molecule has 0 saturated heterocycles. The molecule has 0 rings (SSSR count). The first-order valence-electron chi connectivity index (χ1n) is 6.20. The number of hydrogen-bond donors (Lipinski definition) is 0. The Morgan fingerprint density at radius 3 is 2.07 bits per heavy atom. The van der Waals surface area contributed by atoms with E-state index >= 15 is 0 Å². The lowest BCUT2D eigenvalue weighted by Gasteiger charge is -2.14. The molecular formula is C13H26O. The largest absolute Gasteiger partial charge is 0.300 e. The van der Waals surface area contributed by atoms with Gasteiger partial charge in [0.15, 0.2) is 0 Å². The van der Waals surface area contributed by atoms with E-state index in [1.54, 1.807) is 6.92 Å². The van der Waals surface area contributed by atoms with E-state index < -0.39 is 0 Å². The third-order valence-corrected chi connectivity index (χ3v) is 2.76. The normalized spacial score (nSPS) is 12.8. The monoisotopic (exact) mass is 198 g/mol. The van der Waals surface area contributed by atoms with Crippen molar-refractivity contribution in [2.45, 2.75) is 72.1 Å². The molecule has 0 bridgehead atoms. The summed E-state index contributed by atoms with van der Waals surface area (Å²) in [5.74, 6) is 1.03. The average molecular weight is 198 g/mol. The van der Waals surface area contributed by atoms with Crippen LogP contribution in [0.5, 0.6) is 0 Å². The Kier molecular flexibility index (Phi) is 9.02. The van der Waals surface area contributed by atoms with Crippen molar-refractivity contribution in [2.75, 3.05) is 0 Å². The summed E-state index contributed by atoms with van der Waals surface area (Å²) in [4.78, 5) is 11.1. The van der Waals surface area contributed by atoms with E-state index in [1.807, 2.05) is 0 Å². The molecule has 0 aliphatic heterocycles. The van der Waals surface area contributed by atoms with Crippen LogP contribution < -0.4 is 0 Å². The molecule has 0 saturated carbocycles. The zero-order chi connectivity index (χ0) is 10.8. The second-order valence-corrected chi connectivity index (χ2v) is 4.41. The van der Waals surface area contributed by atoms with Gasteiger partial charge in [-0.3, -0.25) is 0 Å². The minimum atomic E-state index is 0.364. The van der Waals surface area contributed by atoms with E-state index in [4.69, 9.17) is 0 Å². The molecule has 0 aromatic heterocycles. The van der Waals surface area contributed by atoms with Crippen LogP contribution in [-0.4, -0.2) is 5.78 Å². The van der Waals surface area contributed by atoms with Gasteiger partial charge < -0.3 is 4.79 Å². The van der Waals surface area contributed by atoms with E-state index in [1.165, 1.54) is 44.9 Å². The van der Waals surface area contributed by atoms with Crippen LogP contribution in [0.15, 0.2) is 0 Å². The van der Waals surface area contributed by atoms with Crippen LogP contribution in [0.3, 0.4) is 0 Å². The van der Waals surface area contributed by atoms with Crippen molar-refractivity contribution in [3.63, 3.8) is 0 Å². The highest BCUT2D eigenvalue weighted by molar-refractivity contribution is 5.75. The fraction of sp³-hybridized carbons (Fsp3) is 0.923. The Bertz CT molecular complexity index is 140. The van der Waals surface area contributed by atoms with E-state index in [0.717, 1.165) is 6.42 Å². The lowest BCUT2D eigenvalue weighted by atomic mass is 9.91. The fourth-order valence-electron chi connectivity index (χ4n) is 1.93. The third kappa shape index (κ3) is 8.28. The Balaban J connectivity index is 3.66. The summed E-state index contributed by atoms with van der Waals surface area (Å²) in [5, 5.41) is 0. The molecule has 0 fully saturated rings. The van der Waals surface area contributed by atoms with E-state index in [0.29, 0.717) is 11.7 Å². The Labute approximate surface area is 89.3 Å². The smallest absolute Gasteiger partial charge is 0.130 e. The summed E-state index contributed by atoms with van der Waals surface area (Å²) in [7, 11) is 0. The zero-order valence-electron chi connectivity index (χ0n) is 10.1. The SMILES string of the molecule is CCCCCC(CCCC)CC(C)=O. The van der Waals surface area contributed by atoms with Gasteiger partial charge in [0, 0.05) is 6.42 Å². The van der Waals surface area contributed by atoms with Gasteiger partial charge in [-0.05, 0) is 12.8 Å². The molecule has 0 aliphatic rings. The van der Waals surface area contributed by atoms with Crippen LogP contribution in [0.1, 0.15) is 72.1 Å². The number of carbonyl (C=O) groups excluding carboxylic acids is 1. The number of carbonyl (C=O) groups is 1. The third-order valence-electron chi connectivity index (χ3n) is 2.76. The maximum Gasteiger partial charge on any atom is 0.130 e. The van der Waals surface area contributed by atoms with Gasteiger partial charge in [-0.15, -0.1) is 0 Å². The second-order valence-electron chi connectivity index (χ2n) is 4.41. The molecule has 1 unspecified atom stereocenters. The number of unbranched alkanes of at least 4 members (excludes halogenated alkanes) is 3. The molecule has 0 aromatic rings. The van der Waals surface area contributed by atoms with Crippen molar-refractivity contribution in [1.82, 2.24) is 0 Å². The molecule has 0 radical (unpaired) electrons. The molecule has 0 heterocycles. The molecule has 0 amide bonds. The lowest BCUT2D eigenvalue weighted by Crippen LogP contribution is -2.06. The average Bonchev–Trinajstić information content (AvgIpc) is 2.13. The lowest BCUT2D eigenvalue weighted by molar-refractivity contribution is -0.118. The van der Waals surface area contributed by atoms with Gasteiger partial charge in [-0.2, -0.15) is 0 Å². The molecular weight excluding hydrogens is 172 g/mol. The topological polar surface area (TPSA) is 17.1 Å². The van der Waals surface area contributed by atoms with Crippen LogP contribution in [0.25, 0.3) is 0 Å². The first-order chi connectivity index (χ1) is 6.70. The summed E-state index contributed by atoms with van der Waals surface area (Å²) in [6.07, 6.45) is 9.75. The van der Waals surface area contributed by atoms with E-state index in [-0.39, 0.29) is 0 Å². The van der Waals surface area contributed by atoms with Crippen LogP contribution in [0.2, 0.25) is 0 Å². The van der Waals surface area contributed by atoms with Crippen molar-refractivity contribution in [2.24, 2.45) is 5.92 Å². The quantitative estimate of drug-likeness (QED) is 0.503. The summed E-state index contributed by atoms with van der Waals surface area (Å²) in [6.45, 7) is 6.17. The summed E-state index contributed by atoms with van der Waals surface area (Å²) < 4.78 is 0. The van der Waals surface area contributed by atoms with Crippen LogP contribution in [-0.2, 0) is 4.79 Å². The van der Waals surface area contributed by atoms with Crippen molar-refractivity contribution in [1.29, 1.82) is 0 Å². The van der Waals surface area contributed by atoms with E-state index in [2.05, 4.69) is 13.8 Å². The first kappa shape index (κ1) is 13.7. The van der Waals surface area contributed by atoms with Crippen molar-refractivity contribution >= 4 is 5.78 Å². The maximum atomic E-state index is 11.1. The minimum absolute atomic E-state index is 0.364. The molecule has 84 valence electrons. The summed E-state index contributed by atoms with van der Waals surface area (Å²) in [6, 6.07) is 0. The van der Waals surface area contributed by atoms with Crippen LogP contribution >= 0.6 is 0 Å². The molecule has 0 aromatic carbocycles. The molecule has 14 heavy (non-hydrogen) atoms. The highest BCUT2D eigenvalue weighted by Crippen LogP contribution is 2.20. The number of ketones is 1. The molecule has 1 atom stereocenters. The van der Waals surface area contributed by atoms with Gasteiger partial charge >= 0.3 is 0 Å². The molecule has 1 heteroatoms. The van der Waals surface area contributed by atoms with Gasteiger partial charge in [0.2, 0.25) is 0 Å². The van der Waals surface area contributed by atoms with Crippen LogP contribution in [0, 0.1) is 5.92 Å². The molecule has 0 aliphatic carbocycles. The molecule has 0 spiro atoms. The fourth-order valence-corrected chi connectivity index (χ4v) is 1.93. The minimum Gasteiger partial charge on any atom is -0.300 e. The summed E-state index contributed by atoms with van der Waals surface area (Å²) in [5.41, 5.74) is 0.